The van der Waals surface area contributed by atoms with E-state index in [1.54, 1.807) is 0 Å². The summed E-state index contributed by atoms with van der Waals surface area (Å²) in [5.41, 5.74) is 1.41. The number of hydrogen-bond donors (Lipinski definition) is 0. The van der Waals surface area contributed by atoms with Gasteiger partial charge in [-0.05, 0) is 96.8 Å². The second-order valence-electron chi connectivity index (χ2n) is 7.29. The van der Waals surface area contributed by atoms with E-state index >= 15 is 0 Å². The molecule has 2 aliphatic heterocycles. The fourth-order valence-electron chi connectivity index (χ4n) is 4.62. The average Bonchev–Trinajstić information content (AvgIpc) is 2.86. The van der Waals surface area contributed by atoms with E-state index in [1.165, 1.54) is 28.4 Å². The molecule has 25 heavy (non-hydrogen) atoms. The number of fused-ring (bicyclic) bond motifs is 2. The Balaban J connectivity index is 1.56. The molecular weight excluding hydrogens is 445 g/mol. The zero-order valence-corrected chi connectivity index (χ0v) is 17.3. The molecule has 2 nitrogen and oxygen atoms in total. The SMILES string of the molecule is CN1C2CCC1C(COc1ccc(I)cc1)C(c1ccc(Cl)cc1)C2. The third-order valence-electron chi connectivity index (χ3n) is 5.99. The molecule has 0 radical (unpaired) electrons. The molecule has 0 N–H and O–H groups in total. The van der Waals surface area contributed by atoms with Crippen LogP contribution in [0.4, 0.5) is 0 Å². The van der Waals surface area contributed by atoms with E-state index in [2.05, 4.69) is 70.9 Å². The van der Waals surface area contributed by atoms with Crippen LogP contribution in [0.1, 0.15) is 30.7 Å². The third kappa shape index (κ3) is 3.69. The van der Waals surface area contributed by atoms with Gasteiger partial charge in [-0.25, -0.2) is 0 Å². The van der Waals surface area contributed by atoms with Gasteiger partial charge < -0.3 is 9.64 Å². The van der Waals surface area contributed by atoms with Crippen molar-refractivity contribution in [3.05, 3.63) is 62.7 Å². The van der Waals surface area contributed by atoms with Crippen LogP contribution in [0, 0.1) is 9.49 Å². The maximum Gasteiger partial charge on any atom is 0.119 e. The highest BCUT2D eigenvalue weighted by Crippen LogP contribution is 2.46. The number of piperidine rings is 1. The van der Waals surface area contributed by atoms with Gasteiger partial charge in [0.2, 0.25) is 0 Å². The van der Waals surface area contributed by atoms with Gasteiger partial charge in [0.15, 0.2) is 0 Å². The minimum absolute atomic E-state index is 0.518. The largest absolute Gasteiger partial charge is 0.493 e. The molecule has 2 heterocycles. The summed E-state index contributed by atoms with van der Waals surface area (Å²) in [5.74, 6) is 2.04. The van der Waals surface area contributed by atoms with Gasteiger partial charge in [-0.3, -0.25) is 0 Å². The minimum Gasteiger partial charge on any atom is -0.493 e. The number of hydrogen-bond acceptors (Lipinski definition) is 2. The van der Waals surface area contributed by atoms with Crippen molar-refractivity contribution in [2.75, 3.05) is 13.7 Å². The van der Waals surface area contributed by atoms with Crippen molar-refractivity contribution < 1.29 is 4.74 Å². The summed E-state index contributed by atoms with van der Waals surface area (Å²) >= 11 is 8.43. The first-order chi connectivity index (χ1) is 12.1. The minimum atomic E-state index is 0.518. The Morgan fingerprint density at radius 2 is 1.80 bits per heavy atom. The molecule has 0 amide bonds. The Bertz CT molecular complexity index is 718. The molecule has 4 heteroatoms. The van der Waals surface area contributed by atoms with Crippen LogP contribution in [0.2, 0.25) is 5.02 Å². The topological polar surface area (TPSA) is 12.5 Å². The van der Waals surface area contributed by atoms with Crippen molar-refractivity contribution in [1.82, 2.24) is 4.90 Å². The molecule has 132 valence electrons. The Morgan fingerprint density at radius 3 is 2.52 bits per heavy atom. The number of nitrogens with zero attached hydrogens (tertiary/aromatic N) is 1. The summed E-state index contributed by atoms with van der Waals surface area (Å²) in [7, 11) is 2.29. The zero-order valence-electron chi connectivity index (χ0n) is 14.4. The molecule has 2 bridgehead atoms. The van der Waals surface area contributed by atoms with Crippen molar-refractivity contribution in [2.24, 2.45) is 5.92 Å². The molecule has 0 spiro atoms. The maximum absolute atomic E-state index is 6.22. The van der Waals surface area contributed by atoms with Crippen molar-refractivity contribution in [1.29, 1.82) is 0 Å². The van der Waals surface area contributed by atoms with Crippen molar-refractivity contribution in [2.45, 2.75) is 37.3 Å². The second-order valence-corrected chi connectivity index (χ2v) is 8.97. The summed E-state index contributed by atoms with van der Waals surface area (Å²) in [6.45, 7) is 0.773. The number of rotatable bonds is 4. The van der Waals surface area contributed by atoms with Crippen LogP contribution in [0.5, 0.6) is 5.75 Å². The summed E-state index contributed by atoms with van der Waals surface area (Å²) in [6.07, 6.45) is 3.81. The Morgan fingerprint density at radius 1 is 1.08 bits per heavy atom. The van der Waals surface area contributed by atoms with Gasteiger partial charge in [0, 0.05) is 26.6 Å². The van der Waals surface area contributed by atoms with Gasteiger partial charge in [0.25, 0.3) is 0 Å². The van der Waals surface area contributed by atoms with E-state index in [1.807, 2.05) is 12.1 Å². The summed E-state index contributed by atoms with van der Waals surface area (Å²) < 4.78 is 7.45. The zero-order chi connectivity index (χ0) is 17.4. The van der Waals surface area contributed by atoms with E-state index < -0.39 is 0 Å². The molecule has 4 atom stereocenters. The van der Waals surface area contributed by atoms with Crippen LogP contribution in [-0.2, 0) is 0 Å². The van der Waals surface area contributed by atoms with Crippen LogP contribution in [-0.4, -0.2) is 30.6 Å². The van der Waals surface area contributed by atoms with Crippen LogP contribution in [0.15, 0.2) is 48.5 Å². The Labute approximate surface area is 168 Å². The molecule has 4 unspecified atom stereocenters. The van der Waals surface area contributed by atoms with Gasteiger partial charge in [-0.1, -0.05) is 23.7 Å². The van der Waals surface area contributed by atoms with E-state index in [4.69, 9.17) is 16.3 Å². The lowest BCUT2D eigenvalue weighted by atomic mass is 9.76. The monoisotopic (exact) mass is 467 g/mol. The van der Waals surface area contributed by atoms with Crippen molar-refractivity contribution in [3.63, 3.8) is 0 Å². The van der Waals surface area contributed by atoms with Gasteiger partial charge in [0.05, 0.1) is 6.61 Å². The lowest BCUT2D eigenvalue weighted by Gasteiger charge is -2.43. The van der Waals surface area contributed by atoms with Crippen LogP contribution < -0.4 is 4.74 Å². The first-order valence-electron chi connectivity index (χ1n) is 8.97. The standard InChI is InChI=1S/C21H23ClINO/c1-24-17-8-11-21(24)20(13-25-18-9-6-16(23)7-10-18)19(12-17)14-2-4-15(22)5-3-14/h2-7,9-10,17,19-21H,8,11-13H2,1H3. The molecule has 2 fully saturated rings. The van der Waals surface area contributed by atoms with Gasteiger partial charge in [-0.2, -0.15) is 0 Å². The molecule has 0 saturated carbocycles. The fraction of sp³-hybridized carbons (Fsp3) is 0.429. The van der Waals surface area contributed by atoms with E-state index in [-0.39, 0.29) is 0 Å². The predicted molar refractivity (Wildman–Crippen MR) is 112 cm³/mol. The van der Waals surface area contributed by atoms with E-state index in [0.717, 1.165) is 17.4 Å². The average molecular weight is 468 g/mol. The first kappa shape index (κ1) is 17.6. The highest BCUT2D eigenvalue weighted by molar-refractivity contribution is 14.1. The third-order valence-corrected chi connectivity index (χ3v) is 6.96. The number of benzene rings is 2. The first-order valence-corrected chi connectivity index (χ1v) is 10.4. The summed E-state index contributed by atoms with van der Waals surface area (Å²) in [5, 5.41) is 0.811. The van der Waals surface area contributed by atoms with Crippen molar-refractivity contribution in [3.8, 4) is 5.75 Å². The lowest BCUT2D eigenvalue weighted by molar-refractivity contribution is 0.0666. The van der Waals surface area contributed by atoms with Crippen LogP contribution in [0.25, 0.3) is 0 Å². The van der Waals surface area contributed by atoms with Gasteiger partial charge in [0.1, 0.15) is 5.75 Å². The highest BCUT2D eigenvalue weighted by Gasteiger charge is 2.46. The summed E-state index contributed by atoms with van der Waals surface area (Å²) in [4.78, 5) is 2.59. The summed E-state index contributed by atoms with van der Waals surface area (Å²) in [6, 6.07) is 18.1. The molecule has 2 aliphatic rings. The normalized spacial score (nSPS) is 28.9. The second kappa shape index (κ2) is 7.45. The Kier molecular flexibility index (Phi) is 5.25. The quantitative estimate of drug-likeness (QED) is 0.544. The van der Waals surface area contributed by atoms with Crippen LogP contribution in [0.3, 0.4) is 0 Å². The molecule has 0 aromatic heterocycles. The molecule has 2 saturated heterocycles. The van der Waals surface area contributed by atoms with Gasteiger partial charge >= 0.3 is 0 Å². The van der Waals surface area contributed by atoms with Crippen LogP contribution >= 0.6 is 34.2 Å². The fourth-order valence-corrected chi connectivity index (χ4v) is 5.11. The van der Waals surface area contributed by atoms with Gasteiger partial charge in [-0.15, -0.1) is 0 Å². The smallest absolute Gasteiger partial charge is 0.119 e. The lowest BCUT2D eigenvalue weighted by Crippen LogP contribution is -2.47. The van der Waals surface area contributed by atoms with E-state index in [9.17, 15) is 0 Å². The number of ether oxygens (including phenoxy) is 1. The number of halogens is 2. The molecule has 0 aliphatic carbocycles. The Hall–Kier alpha value is -0.780. The predicted octanol–water partition coefficient (Wildman–Crippen LogP) is 5.59. The molecular formula is C21H23ClINO. The highest BCUT2D eigenvalue weighted by atomic mass is 127. The molecule has 2 aromatic rings. The van der Waals surface area contributed by atoms with Crippen molar-refractivity contribution >= 4 is 34.2 Å². The maximum atomic E-state index is 6.22. The molecule has 2 aromatic carbocycles. The molecule has 4 rings (SSSR count). The van der Waals surface area contributed by atoms with E-state index in [0.29, 0.717) is 23.9 Å².